The molecule has 17 heteroatoms. The molecule has 1 saturated heterocycles. The van der Waals surface area contributed by atoms with Crippen molar-refractivity contribution in [3.8, 4) is 68.8 Å². The number of nitrogens with zero attached hydrogens (tertiary/aromatic N) is 5. The predicted octanol–water partition coefficient (Wildman–Crippen LogP) is 7.26. The molecule has 0 aliphatic carbocycles. The topological polar surface area (TPSA) is 173 Å². The first-order chi connectivity index (χ1) is 29.2. The molecule has 312 valence electrons. The van der Waals surface area contributed by atoms with Gasteiger partial charge in [0.15, 0.2) is 34.9 Å². The summed E-state index contributed by atoms with van der Waals surface area (Å²) in [5, 5.41) is 5.48. The van der Waals surface area contributed by atoms with Crippen molar-refractivity contribution in [2.24, 2.45) is 5.16 Å². The van der Waals surface area contributed by atoms with Crippen LogP contribution in [-0.4, -0.2) is 105 Å². The number of aromatic nitrogens is 4. The maximum atomic E-state index is 11.4. The van der Waals surface area contributed by atoms with Crippen molar-refractivity contribution in [1.82, 2.24) is 19.9 Å². The van der Waals surface area contributed by atoms with E-state index in [4.69, 9.17) is 57.4 Å². The minimum absolute atomic E-state index is 0.0780. The molecule has 2 unspecified atom stereocenters. The lowest BCUT2D eigenvalue weighted by Crippen LogP contribution is -2.18. The molecule has 0 radical (unpaired) electrons. The summed E-state index contributed by atoms with van der Waals surface area (Å²) in [5.74, 6) is 4.12. The molecule has 2 aromatic carbocycles. The number of methoxy groups -OCH3 is 6. The number of rotatable bonds is 14. The standard InChI is InChI=1S/C22H22N2O6.C21H20BrN3O5/c1-26-19-7-13(8-20(27-2)21(19)28-3)17-10-18-16(5-4-6-23-18)22(24-17)30-12-15-9-14(25)11-29-15;1-26-17-7-12(8-18(27-2)20(17)28-3)15-10-16-14(5-4-6-23-16)21(24-15)29-11-13-9-19(22)25-30-13/h4-8,10,15H,9,11-12H2,1-3H3;4-8,10,13H,9,11H2,1-3H3. The quantitative estimate of drug-likeness (QED) is 0.107. The monoisotopic (exact) mass is 883 g/mol. The third-order valence-corrected chi connectivity index (χ3v) is 9.96. The first kappa shape index (κ1) is 41.7. The lowest BCUT2D eigenvalue weighted by molar-refractivity contribution is -0.117. The summed E-state index contributed by atoms with van der Waals surface area (Å²) in [7, 11) is 9.40. The Balaban J connectivity index is 0.000000181. The van der Waals surface area contributed by atoms with Crippen LogP contribution in [0.2, 0.25) is 0 Å². The van der Waals surface area contributed by atoms with Crippen LogP contribution in [-0.2, 0) is 14.4 Å². The van der Waals surface area contributed by atoms with Gasteiger partial charge in [-0.25, -0.2) is 9.97 Å². The molecular weight excluding hydrogens is 842 g/mol. The number of ketones is 1. The van der Waals surface area contributed by atoms with E-state index >= 15 is 0 Å². The van der Waals surface area contributed by atoms with Crippen LogP contribution >= 0.6 is 15.9 Å². The van der Waals surface area contributed by atoms with Gasteiger partial charge in [0.1, 0.15) is 24.4 Å². The lowest BCUT2D eigenvalue weighted by Gasteiger charge is -2.16. The fraction of sp³-hybridized carbons (Fsp3) is 0.302. The summed E-state index contributed by atoms with van der Waals surface area (Å²) in [5.41, 5.74) is 4.34. The molecule has 0 spiro atoms. The van der Waals surface area contributed by atoms with Crippen LogP contribution in [0.3, 0.4) is 0 Å². The number of oxime groups is 1. The van der Waals surface area contributed by atoms with E-state index in [-0.39, 0.29) is 31.2 Å². The van der Waals surface area contributed by atoms with E-state index in [2.05, 4.69) is 31.1 Å². The molecule has 6 aromatic rings. The fourth-order valence-electron chi connectivity index (χ4n) is 6.58. The van der Waals surface area contributed by atoms with Crippen molar-refractivity contribution >= 4 is 48.1 Å². The molecule has 1 fully saturated rings. The number of hydrogen-bond acceptors (Lipinski definition) is 16. The molecule has 6 heterocycles. The van der Waals surface area contributed by atoms with Crippen molar-refractivity contribution in [2.45, 2.75) is 25.0 Å². The van der Waals surface area contributed by atoms with Crippen LogP contribution in [0, 0.1) is 0 Å². The van der Waals surface area contributed by atoms with Crippen LogP contribution in [0.4, 0.5) is 0 Å². The van der Waals surface area contributed by atoms with Crippen LogP contribution in [0.15, 0.2) is 78.2 Å². The summed E-state index contributed by atoms with van der Waals surface area (Å²) in [6, 6.07) is 18.6. The van der Waals surface area contributed by atoms with E-state index < -0.39 is 0 Å². The van der Waals surface area contributed by atoms with E-state index in [1.807, 2.05) is 60.7 Å². The Hall–Kier alpha value is -6.46. The van der Waals surface area contributed by atoms with E-state index in [9.17, 15) is 4.79 Å². The van der Waals surface area contributed by atoms with Crippen molar-refractivity contribution in [2.75, 3.05) is 62.5 Å². The van der Waals surface area contributed by atoms with Gasteiger partial charge in [-0.05, 0) is 76.6 Å². The molecule has 4 aromatic heterocycles. The second kappa shape index (κ2) is 19.1. The van der Waals surface area contributed by atoms with Gasteiger partial charge in [-0.3, -0.25) is 14.8 Å². The molecule has 2 atom stereocenters. The van der Waals surface area contributed by atoms with E-state index in [0.717, 1.165) is 37.6 Å². The predicted molar refractivity (Wildman–Crippen MR) is 225 cm³/mol. The zero-order valence-corrected chi connectivity index (χ0v) is 35.3. The third-order valence-electron chi connectivity index (χ3n) is 9.49. The molecule has 0 amide bonds. The van der Waals surface area contributed by atoms with Gasteiger partial charge in [0.2, 0.25) is 23.3 Å². The second-order valence-corrected chi connectivity index (χ2v) is 14.2. The van der Waals surface area contributed by atoms with Gasteiger partial charge in [0, 0.05) is 36.4 Å². The number of carbonyl (C=O) groups is 1. The lowest BCUT2D eigenvalue weighted by atomic mass is 10.1. The number of pyridine rings is 4. The number of Topliss-reactive ketones (excluding diaryl/α,β-unsaturated/α-hetero) is 1. The Morgan fingerprint density at radius 2 is 1.10 bits per heavy atom. The number of carbonyl (C=O) groups excluding carboxylic acids is 1. The second-order valence-electron chi connectivity index (χ2n) is 13.3. The zero-order chi connectivity index (χ0) is 42.2. The largest absolute Gasteiger partial charge is 0.493 e. The minimum atomic E-state index is -0.268. The molecule has 16 nitrogen and oxygen atoms in total. The van der Waals surface area contributed by atoms with Crippen molar-refractivity contribution in [3.05, 3.63) is 73.1 Å². The van der Waals surface area contributed by atoms with Crippen LogP contribution in [0.5, 0.6) is 46.3 Å². The van der Waals surface area contributed by atoms with E-state index in [1.165, 1.54) is 0 Å². The number of fused-ring (bicyclic) bond motifs is 2. The highest BCUT2D eigenvalue weighted by atomic mass is 79.9. The normalized spacial score (nSPS) is 15.7. The van der Waals surface area contributed by atoms with Gasteiger partial charge < -0.3 is 47.5 Å². The first-order valence-corrected chi connectivity index (χ1v) is 19.4. The zero-order valence-electron chi connectivity index (χ0n) is 33.7. The van der Waals surface area contributed by atoms with Gasteiger partial charge in [-0.15, -0.1) is 0 Å². The first-order valence-electron chi connectivity index (χ1n) is 18.6. The summed E-state index contributed by atoms with van der Waals surface area (Å²) >= 11 is 3.34. The van der Waals surface area contributed by atoms with E-state index in [0.29, 0.717) is 77.1 Å². The average molecular weight is 885 g/mol. The Kier molecular flexibility index (Phi) is 13.3. The molecule has 0 N–H and O–H groups in total. The average Bonchev–Trinajstić information content (AvgIpc) is 3.92. The Bertz CT molecular complexity index is 2490. The van der Waals surface area contributed by atoms with Crippen molar-refractivity contribution in [1.29, 1.82) is 0 Å². The van der Waals surface area contributed by atoms with Crippen molar-refractivity contribution < 1.29 is 52.3 Å². The van der Waals surface area contributed by atoms with Gasteiger partial charge in [-0.1, -0.05) is 5.16 Å². The van der Waals surface area contributed by atoms with Crippen LogP contribution in [0.25, 0.3) is 44.3 Å². The Labute approximate surface area is 353 Å². The smallest absolute Gasteiger partial charge is 0.223 e. The minimum Gasteiger partial charge on any atom is -0.493 e. The SMILES string of the molecule is COc1cc(-c2cc3ncccc3c(OCC3CC(=O)CO3)n2)cc(OC)c1OC.COc1cc(-c2cc3ncccc3c(OCC3CC(Br)=NO3)n2)cc(OC)c1OC. The molecular formula is C43H42BrN5O11. The van der Waals surface area contributed by atoms with Gasteiger partial charge in [0.25, 0.3) is 0 Å². The number of benzene rings is 2. The van der Waals surface area contributed by atoms with Gasteiger partial charge in [0.05, 0.1) is 82.0 Å². The number of halogens is 1. The summed E-state index contributed by atoms with van der Waals surface area (Å²) in [4.78, 5) is 35.1. The van der Waals surface area contributed by atoms with Crippen molar-refractivity contribution in [3.63, 3.8) is 0 Å². The van der Waals surface area contributed by atoms with Crippen LogP contribution in [0.1, 0.15) is 12.8 Å². The Morgan fingerprint density at radius 1 is 0.633 bits per heavy atom. The molecule has 0 bridgehead atoms. The number of hydrogen-bond donors (Lipinski definition) is 0. The summed E-state index contributed by atoms with van der Waals surface area (Å²) in [6.07, 6.45) is 4.01. The maximum Gasteiger partial charge on any atom is 0.223 e. The highest BCUT2D eigenvalue weighted by molar-refractivity contribution is 9.18. The molecule has 0 saturated carbocycles. The van der Waals surface area contributed by atoms with E-state index in [1.54, 1.807) is 55.1 Å². The van der Waals surface area contributed by atoms with Gasteiger partial charge in [-0.2, -0.15) is 0 Å². The number of ether oxygens (including phenoxy) is 9. The fourth-order valence-corrected chi connectivity index (χ4v) is 7.02. The van der Waals surface area contributed by atoms with Gasteiger partial charge >= 0.3 is 0 Å². The maximum absolute atomic E-state index is 11.4. The molecule has 2 aliphatic heterocycles. The summed E-state index contributed by atoms with van der Waals surface area (Å²) < 4.78 is 50.8. The highest BCUT2D eigenvalue weighted by Gasteiger charge is 2.25. The Morgan fingerprint density at radius 3 is 1.48 bits per heavy atom. The highest BCUT2D eigenvalue weighted by Crippen LogP contribution is 2.43. The van der Waals surface area contributed by atoms with Crippen LogP contribution < -0.4 is 37.9 Å². The third kappa shape index (κ3) is 9.21. The molecule has 8 rings (SSSR count). The molecule has 2 aliphatic rings. The molecule has 60 heavy (non-hydrogen) atoms. The summed E-state index contributed by atoms with van der Waals surface area (Å²) in [6.45, 7) is 0.685.